The van der Waals surface area contributed by atoms with Crippen LogP contribution in [0.3, 0.4) is 0 Å². The summed E-state index contributed by atoms with van der Waals surface area (Å²) in [6.07, 6.45) is 4.95. The highest BCUT2D eigenvalue weighted by atomic mass is 16.4. The molecule has 1 aromatic rings. The monoisotopic (exact) mass is 291 g/mol. The normalized spacial score (nSPS) is 29.1. The molecule has 3 N–H and O–H groups in total. The smallest absolute Gasteiger partial charge is 0.329 e. The SMILES string of the molecule is CC1CCC(Nc2cc(=O)[nH]c(C3CC3)n2)(C(=O)O)CC1. The molecule has 0 amide bonds. The number of carbonyl (C=O) groups is 1. The molecule has 0 aliphatic heterocycles. The number of hydrogen-bond donors (Lipinski definition) is 3. The van der Waals surface area contributed by atoms with Gasteiger partial charge in [-0.15, -0.1) is 0 Å². The summed E-state index contributed by atoms with van der Waals surface area (Å²) >= 11 is 0. The van der Waals surface area contributed by atoms with Gasteiger partial charge in [0.25, 0.3) is 5.56 Å². The zero-order valence-electron chi connectivity index (χ0n) is 12.2. The van der Waals surface area contributed by atoms with Gasteiger partial charge < -0.3 is 15.4 Å². The number of rotatable bonds is 4. The van der Waals surface area contributed by atoms with Crippen LogP contribution in [0, 0.1) is 5.92 Å². The van der Waals surface area contributed by atoms with Crippen LogP contribution in [0.4, 0.5) is 5.82 Å². The predicted octanol–water partition coefficient (Wildman–Crippen LogP) is 2.09. The van der Waals surface area contributed by atoms with Gasteiger partial charge in [-0.05, 0) is 44.4 Å². The number of carboxylic acids is 1. The van der Waals surface area contributed by atoms with E-state index in [9.17, 15) is 14.7 Å². The number of H-pyrrole nitrogens is 1. The van der Waals surface area contributed by atoms with Gasteiger partial charge in [0.1, 0.15) is 17.2 Å². The van der Waals surface area contributed by atoms with Gasteiger partial charge in [-0.2, -0.15) is 0 Å². The summed E-state index contributed by atoms with van der Waals surface area (Å²) in [6.45, 7) is 2.14. The van der Waals surface area contributed by atoms with Crippen LogP contribution in [-0.4, -0.2) is 26.6 Å². The molecule has 0 saturated heterocycles. The molecule has 114 valence electrons. The minimum atomic E-state index is -0.992. The molecule has 0 spiro atoms. The Balaban J connectivity index is 1.86. The molecule has 2 aliphatic rings. The number of aliphatic carboxylic acids is 1. The molecule has 0 unspecified atom stereocenters. The summed E-state index contributed by atoms with van der Waals surface area (Å²) in [5.41, 5.74) is -1.21. The zero-order valence-corrected chi connectivity index (χ0v) is 12.2. The average Bonchev–Trinajstić information content (AvgIpc) is 3.25. The second-order valence-electron chi connectivity index (χ2n) is 6.48. The van der Waals surface area contributed by atoms with E-state index in [0.717, 1.165) is 25.7 Å². The Morgan fingerprint density at radius 3 is 2.62 bits per heavy atom. The maximum atomic E-state index is 11.7. The van der Waals surface area contributed by atoms with Gasteiger partial charge in [0.15, 0.2) is 0 Å². The molecule has 0 bridgehead atoms. The fourth-order valence-corrected chi connectivity index (χ4v) is 2.98. The Bertz CT molecular complexity index is 598. The first kappa shape index (κ1) is 14.1. The van der Waals surface area contributed by atoms with Crippen molar-refractivity contribution in [2.45, 2.75) is 56.9 Å². The number of aromatic nitrogens is 2. The van der Waals surface area contributed by atoms with Crippen molar-refractivity contribution < 1.29 is 9.90 Å². The highest BCUT2D eigenvalue weighted by Crippen LogP contribution is 2.38. The lowest BCUT2D eigenvalue weighted by Gasteiger charge is -2.36. The van der Waals surface area contributed by atoms with Crippen molar-refractivity contribution in [3.8, 4) is 0 Å². The second kappa shape index (κ2) is 5.16. The Morgan fingerprint density at radius 1 is 1.38 bits per heavy atom. The molecule has 6 nitrogen and oxygen atoms in total. The van der Waals surface area contributed by atoms with Gasteiger partial charge in [0.2, 0.25) is 0 Å². The first-order valence-corrected chi connectivity index (χ1v) is 7.61. The van der Waals surface area contributed by atoms with E-state index in [0.29, 0.717) is 36.3 Å². The first-order valence-electron chi connectivity index (χ1n) is 7.61. The van der Waals surface area contributed by atoms with Crippen LogP contribution in [-0.2, 0) is 4.79 Å². The summed E-state index contributed by atoms with van der Waals surface area (Å²) in [5, 5.41) is 12.7. The molecule has 0 aromatic carbocycles. The number of hydrogen-bond acceptors (Lipinski definition) is 4. The lowest BCUT2D eigenvalue weighted by Crippen LogP contribution is -2.49. The Morgan fingerprint density at radius 2 is 2.05 bits per heavy atom. The topological polar surface area (TPSA) is 95.1 Å². The number of carboxylic acid groups (broad SMARTS) is 1. The minimum absolute atomic E-state index is 0.223. The third-order valence-electron chi connectivity index (χ3n) is 4.63. The van der Waals surface area contributed by atoms with E-state index >= 15 is 0 Å². The van der Waals surface area contributed by atoms with Gasteiger partial charge in [0.05, 0.1) is 0 Å². The van der Waals surface area contributed by atoms with E-state index < -0.39 is 11.5 Å². The Labute approximate surface area is 123 Å². The summed E-state index contributed by atoms with van der Waals surface area (Å²) < 4.78 is 0. The molecule has 6 heteroatoms. The highest BCUT2D eigenvalue weighted by Gasteiger charge is 2.41. The molecule has 2 fully saturated rings. The van der Waals surface area contributed by atoms with Crippen molar-refractivity contribution in [2.24, 2.45) is 5.92 Å². The fourth-order valence-electron chi connectivity index (χ4n) is 2.98. The third-order valence-corrected chi connectivity index (χ3v) is 4.63. The molecule has 1 heterocycles. The van der Waals surface area contributed by atoms with E-state index in [-0.39, 0.29) is 5.56 Å². The highest BCUT2D eigenvalue weighted by molar-refractivity contribution is 5.82. The standard InChI is InChI=1S/C15H21N3O3/c1-9-4-6-15(7-5-9,14(20)21)18-11-8-12(19)17-13(16-11)10-2-3-10/h8-10H,2-7H2,1H3,(H,20,21)(H2,16,17,18,19). The third kappa shape index (κ3) is 2.94. The molecule has 21 heavy (non-hydrogen) atoms. The van der Waals surface area contributed by atoms with Crippen LogP contribution in [0.2, 0.25) is 0 Å². The van der Waals surface area contributed by atoms with Crippen LogP contribution in [0.1, 0.15) is 57.2 Å². The van der Waals surface area contributed by atoms with E-state index in [1.54, 1.807) is 0 Å². The molecule has 0 radical (unpaired) electrons. The quantitative estimate of drug-likeness (QED) is 0.789. The van der Waals surface area contributed by atoms with Crippen molar-refractivity contribution in [3.63, 3.8) is 0 Å². The zero-order chi connectivity index (χ0) is 15.0. The molecule has 2 aliphatic carbocycles. The lowest BCUT2D eigenvalue weighted by atomic mass is 9.77. The summed E-state index contributed by atoms with van der Waals surface area (Å²) in [6, 6.07) is 1.36. The largest absolute Gasteiger partial charge is 0.480 e. The number of aromatic amines is 1. The Kier molecular flexibility index (Phi) is 3.47. The van der Waals surface area contributed by atoms with Gasteiger partial charge in [-0.3, -0.25) is 4.79 Å². The van der Waals surface area contributed by atoms with Crippen molar-refractivity contribution in [1.82, 2.24) is 9.97 Å². The fraction of sp³-hybridized carbons (Fsp3) is 0.667. The summed E-state index contributed by atoms with van der Waals surface area (Å²) in [4.78, 5) is 30.6. The molecular formula is C15H21N3O3. The summed E-state index contributed by atoms with van der Waals surface area (Å²) in [5.74, 6) is 1.08. The van der Waals surface area contributed by atoms with E-state index in [4.69, 9.17) is 0 Å². The molecule has 1 aromatic heterocycles. The molecule has 2 saturated carbocycles. The van der Waals surface area contributed by atoms with Crippen LogP contribution < -0.4 is 10.9 Å². The van der Waals surface area contributed by atoms with Crippen LogP contribution in [0.25, 0.3) is 0 Å². The number of anilines is 1. The summed E-state index contributed by atoms with van der Waals surface area (Å²) in [7, 11) is 0. The maximum Gasteiger partial charge on any atom is 0.329 e. The number of nitrogens with one attached hydrogen (secondary N) is 2. The van der Waals surface area contributed by atoms with E-state index in [2.05, 4.69) is 22.2 Å². The van der Waals surface area contributed by atoms with Gasteiger partial charge in [-0.25, -0.2) is 9.78 Å². The van der Waals surface area contributed by atoms with E-state index in [1.807, 2.05) is 0 Å². The van der Waals surface area contributed by atoms with Gasteiger partial charge in [-0.1, -0.05) is 6.92 Å². The van der Waals surface area contributed by atoms with Crippen molar-refractivity contribution in [2.75, 3.05) is 5.32 Å². The van der Waals surface area contributed by atoms with E-state index in [1.165, 1.54) is 6.07 Å². The Hall–Kier alpha value is -1.85. The van der Waals surface area contributed by atoms with Crippen LogP contribution in [0.5, 0.6) is 0 Å². The van der Waals surface area contributed by atoms with Crippen LogP contribution >= 0.6 is 0 Å². The molecule has 0 atom stereocenters. The lowest BCUT2D eigenvalue weighted by molar-refractivity contribution is -0.143. The maximum absolute atomic E-state index is 11.7. The van der Waals surface area contributed by atoms with Crippen LogP contribution in [0.15, 0.2) is 10.9 Å². The average molecular weight is 291 g/mol. The van der Waals surface area contributed by atoms with Crippen molar-refractivity contribution in [3.05, 3.63) is 22.2 Å². The predicted molar refractivity (Wildman–Crippen MR) is 78.5 cm³/mol. The number of nitrogens with zero attached hydrogens (tertiary/aromatic N) is 1. The first-order chi connectivity index (χ1) is 9.98. The molecular weight excluding hydrogens is 270 g/mol. The minimum Gasteiger partial charge on any atom is -0.480 e. The second-order valence-corrected chi connectivity index (χ2v) is 6.48. The van der Waals surface area contributed by atoms with Crippen molar-refractivity contribution >= 4 is 11.8 Å². The van der Waals surface area contributed by atoms with Gasteiger partial charge in [0, 0.05) is 12.0 Å². The van der Waals surface area contributed by atoms with Gasteiger partial charge >= 0.3 is 5.97 Å². The molecule has 3 rings (SSSR count). The van der Waals surface area contributed by atoms with Crippen molar-refractivity contribution in [1.29, 1.82) is 0 Å².